The van der Waals surface area contributed by atoms with Crippen LogP contribution in [0.2, 0.25) is 0 Å². The Morgan fingerprint density at radius 1 is 1.62 bits per heavy atom. The van der Waals surface area contributed by atoms with E-state index in [1.165, 1.54) is 17.8 Å². The van der Waals surface area contributed by atoms with E-state index in [4.69, 9.17) is 5.73 Å². The fraction of sp³-hybridized carbons (Fsp3) is 0.222. The Morgan fingerprint density at radius 3 is 3.06 bits per heavy atom. The van der Waals surface area contributed by atoms with Crippen molar-refractivity contribution in [2.45, 2.75) is 10.9 Å². The van der Waals surface area contributed by atoms with Crippen LogP contribution in [0.25, 0.3) is 0 Å². The van der Waals surface area contributed by atoms with Crippen molar-refractivity contribution < 1.29 is 0 Å². The summed E-state index contributed by atoms with van der Waals surface area (Å²) in [6.45, 7) is 0. The van der Waals surface area contributed by atoms with Crippen LogP contribution in [0.1, 0.15) is 5.69 Å². The van der Waals surface area contributed by atoms with Crippen molar-refractivity contribution in [3.8, 4) is 0 Å². The summed E-state index contributed by atoms with van der Waals surface area (Å²) in [4.78, 5) is 21.8. The quantitative estimate of drug-likeness (QED) is 0.595. The van der Waals surface area contributed by atoms with Crippen LogP contribution in [0.15, 0.2) is 28.5 Å². The molecule has 0 aliphatic heterocycles. The summed E-state index contributed by atoms with van der Waals surface area (Å²) in [5.74, 6) is 0.916. The molecule has 0 aliphatic carbocycles. The molecule has 6 nitrogen and oxygen atoms in total. The number of aromatic amines is 1. The minimum absolute atomic E-state index is 0.233. The van der Waals surface area contributed by atoms with Crippen molar-refractivity contribution in [2.75, 3.05) is 5.73 Å². The first kappa shape index (κ1) is 10.7. The number of aryl methyl sites for hydroxylation is 1. The van der Waals surface area contributed by atoms with Crippen molar-refractivity contribution in [1.29, 1.82) is 0 Å². The molecular weight excluding hydrogens is 226 g/mol. The van der Waals surface area contributed by atoms with Gasteiger partial charge >= 0.3 is 0 Å². The number of nitrogens with one attached hydrogen (secondary N) is 1. The molecule has 3 N–H and O–H groups in total. The zero-order valence-corrected chi connectivity index (χ0v) is 9.49. The molecule has 0 bridgehead atoms. The summed E-state index contributed by atoms with van der Waals surface area (Å²) in [5, 5.41) is 0.520. The van der Waals surface area contributed by atoms with Gasteiger partial charge in [-0.1, -0.05) is 11.8 Å². The summed E-state index contributed by atoms with van der Waals surface area (Å²) >= 11 is 1.41. The van der Waals surface area contributed by atoms with Crippen LogP contribution < -0.4 is 11.3 Å². The largest absolute Gasteiger partial charge is 0.383 e. The highest BCUT2D eigenvalue weighted by molar-refractivity contribution is 7.98. The van der Waals surface area contributed by atoms with E-state index in [-0.39, 0.29) is 11.4 Å². The normalized spacial score (nSPS) is 10.6. The second-order valence-electron chi connectivity index (χ2n) is 3.26. The van der Waals surface area contributed by atoms with Crippen molar-refractivity contribution >= 4 is 17.6 Å². The van der Waals surface area contributed by atoms with E-state index in [2.05, 4.69) is 15.0 Å². The zero-order chi connectivity index (χ0) is 11.5. The van der Waals surface area contributed by atoms with E-state index in [9.17, 15) is 4.79 Å². The third kappa shape index (κ3) is 2.43. The lowest BCUT2D eigenvalue weighted by Gasteiger charge is -2.02. The van der Waals surface area contributed by atoms with Gasteiger partial charge in [0, 0.05) is 30.8 Å². The van der Waals surface area contributed by atoms with Gasteiger partial charge in [0.1, 0.15) is 5.82 Å². The maximum absolute atomic E-state index is 11.1. The predicted molar refractivity (Wildman–Crippen MR) is 62.0 cm³/mol. The molecule has 2 aromatic rings. The number of rotatable bonds is 3. The summed E-state index contributed by atoms with van der Waals surface area (Å²) in [7, 11) is 1.92. The zero-order valence-electron chi connectivity index (χ0n) is 8.67. The molecule has 7 heteroatoms. The number of thioether (sulfide) groups is 1. The van der Waals surface area contributed by atoms with E-state index in [1.54, 1.807) is 12.5 Å². The van der Waals surface area contributed by atoms with Crippen LogP contribution in [0.5, 0.6) is 0 Å². The molecule has 2 aromatic heterocycles. The van der Waals surface area contributed by atoms with E-state index < -0.39 is 0 Å². The number of imidazole rings is 1. The Morgan fingerprint density at radius 2 is 2.44 bits per heavy atom. The standard InChI is InChI=1S/C9H11N5OS/c1-14-5-11-3-6(14)4-16-9-12-7(10)2-8(15)13-9/h2-3,5H,4H2,1H3,(H3,10,12,13,15). The Bertz CT molecular complexity index is 547. The summed E-state index contributed by atoms with van der Waals surface area (Å²) in [6.07, 6.45) is 3.50. The average molecular weight is 237 g/mol. The molecule has 0 atom stereocenters. The topological polar surface area (TPSA) is 89.6 Å². The molecule has 0 spiro atoms. The highest BCUT2D eigenvalue weighted by Crippen LogP contribution is 2.17. The van der Waals surface area contributed by atoms with Gasteiger partial charge < -0.3 is 15.3 Å². The molecule has 0 amide bonds. The predicted octanol–water partition coefficient (Wildman–Crippen LogP) is 0.378. The maximum Gasteiger partial charge on any atom is 0.253 e. The lowest BCUT2D eigenvalue weighted by Crippen LogP contribution is -2.09. The molecule has 0 saturated heterocycles. The minimum atomic E-state index is -0.236. The highest BCUT2D eigenvalue weighted by atomic mass is 32.2. The molecule has 0 fully saturated rings. The third-order valence-electron chi connectivity index (χ3n) is 2.01. The van der Waals surface area contributed by atoms with Gasteiger partial charge in [0.2, 0.25) is 0 Å². The summed E-state index contributed by atoms with van der Waals surface area (Å²) in [6, 6.07) is 1.26. The molecule has 0 unspecified atom stereocenters. The first-order valence-corrected chi connectivity index (χ1v) is 5.58. The Hall–Kier alpha value is -1.76. The minimum Gasteiger partial charge on any atom is -0.383 e. The van der Waals surface area contributed by atoms with Gasteiger partial charge in [-0.25, -0.2) is 9.97 Å². The molecule has 84 valence electrons. The SMILES string of the molecule is Cn1cncc1CSc1nc(N)cc(=O)[nH]1. The highest BCUT2D eigenvalue weighted by Gasteiger charge is 2.03. The first-order chi connectivity index (χ1) is 7.65. The number of nitrogen functional groups attached to an aromatic ring is 1. The average Bonchev–Trinajstić information content (AvgIpc) is 2.59. The van der Waals surface area contributed by atoms with E-state index in [0.29, 0.717) is 10.9 Å². The van der Waals surface area contributed by atoms with Crippen molar-refractivity contribution in [3.05, 3.63) is 34.6 Å². The fourth-order valence-corrected chi connectivity index (χ4v) is 2.09. The molecule has 0 aliphatic rings. The number of hydrogen-bond donors (Lipinski definition) is 2. The maximum atomic E-state index is 11.1. The van der Waals surface area contributed by atoms with Crippen molar-refractivity contribution in [1.82, 2.24) is 19.5 Å². The van der Waals surface area contributed by atoms with Crippen LogP contribution in [0.3, 0.4) is 0 Å². The van der Waals surface area contributed by atoms with Crippen LogP contribution in [-0.2, 0) is 12.8 Å². The second-order valence-corrected chi connectivity index (χ2v) is 4.22. The number of hydrogen-bond acceptors (Lipinski definition) is 5. The van der Waals surface area contributed by atoms with Gasteiger partial charge in [0.15, 0.2) is 5.16 Å². The van der Waals surface area contributed by atoms with Gasteiger partial charge in [-0.2, -0.15) is 0 Å². The Kier molecular flexibility index (Phi) is 2.95. The van der Waals surface area contributed by atoms with E-state index in [0.717, 1.165) is 5.69 Å². The second kappa shape index (κ2) is 4.40. The van der Waals surface area contributed by atoms with Gasteiger partial charge in [-0.3, -0.25) is 4.79 Å². The Balaban J connectivity index is 2.10. The van der Waals surface area contributed by atoms with Crippen molar-refractivity contribution in [3.63, 3.8) is 0 Å². The van der Waals surface area contributed by atoms with Gasteiger partial charge in [-0.05, 0) is 0 Å². The molecule has 2 heterocycles. The molecule has 0 radical (unpaired) electrons. The number of H-pyrrole nitrogens is 1. The van der Waals surface area contributed by atoms with Gasteiger partial charge in [-0.15, -0.1) is 0 Å². The number of anilines is 1. The summed E-state index contributed by atoms with van der Waals surface area (Å²) in [5.41, 5.74) is 6.29. The van der Waals surface area contributed by atoms with E-state index >= 15 is 0 Å². The molecule has 16 heavy (non-hydrogen) atoms. The smallest absolute Gasteiger partial charge is 0.253 e. The lowest BCUT2D eigenvalue weighted by molar-refractivity contribution is 0.864. The fourth-order valence-electron chi connectivity index (χ4n) is 1.19. The van der Waals surface area contributed by atoms with Crippen LogP contribution in [0, 0.1) is 0 Å². The Labute approximate surface area is 95.9 Å². The van der Waals surface area contributed by atoms with Gasteiger partial charge in [0.05, 0.1) is 6.33 Å². The van der Waals surface area contributed by atoms with Crippen LogP contribution in [-0.4, -0.2) is 19.5 Å². The summed E-state index contributed by atoms with van der Waals surface area (Å²) < 4.78 is 1.91. The molecule has 2 rings (SSSR count). The number of nitrogens with two attached hydrogens (primary N) is 1. The van der Waals surface area contributed by atoms with Crippen LogP contribution >= 0.6 is 11.8 Å². The van der Waals surface area contributed by atoms with Gasteiger partial charge in [0.25, 0.3) is 5.56 Å². The van der Waals surface area contributed by atoms with E-state index in [1.807, 2.05) is 11.6 Å². The number of nitrogens with zero attached hydrogens (tertiary/aromatic N) is 3. The first-order valence-electron chi connectivity index (χ1n) is 4.60. The molecule has 0 saturated carbocycles. The lowest BCUT2D eigenvalue weighted by atomic mass is 10.5. The van der Waals surface area contributed by atoms with Crippen molar-refractivity contribution in [2.24, 2.45) is 7.05 Å². The third-order valence-corrected chi connectivity index (χ3v) is 2.92. The number of aromatic nitrogens is 4. The van der Waals surface area contributed by atoms with Crippen LogP contribution in [0.4, 0.5) is 5.82 Å². The molecular formula is C9H11N5OS. The monoisotopic (exact) mass is 237 g/mol. The molecule has 0 aromatic carbocycles.